The minimum atomic E-state index is -0.491. The first-order valence-electron chi connectivity index (χ1n) is 11.8. The average Bonchev–Trinajstić information content (AvgIpc) is 3.37. The first kappa shape index (κ1) is 22.4. The smallest absolute Gasteiger partial charge is 0.344 e. The molecule has 0 bridgehead atoms. The number of carbonyl (C=O) groups excluding carboxylic acids is 1. The average molecular weight is 487 g/mol. The van der Waals surface area contributed by atoms with Gasteiger partial charge in [0.2, 0.25) is 0 Å². The lowest BCUT2D eigenvalue weighted by molar-refractivity contribution is 0.0736. The Kier molecular flexibility index (Phi) is 5.58. The molecule has 6 aromatic rings. The number of carbonyl (C=O) groups is 1. The summed E-state index contributed by atoms with van der Waals surface area (Å²) in [6, 6.07) is 30.0. The number of esters is 1. The third kappa shape index (κ3) is 4.27. The van der Waals surface area contributed by atoms with Crippen LogP contribution in [0.1, 0.15) is 15.9 Å². The van der Waals surface area contributed by atoms with Gasteiger partial charge < -0.3 is 9.47 Å². The number of methoxy groups -OCH3 is 1. The van der Waals surface area contributed by atoms with E-state index in [4.69, 9.17) is 14.5 Å². The number of rotatable bonds is 5. The van der Waals surface area contributed by atoms with E-state index in [1.165, 1.54) is 4.80 Å². The summed E-state index contributed by atoms with van der Waals surface area (Å²) < 4.78 is 11.3. The normalized spacial score (nSPS) is 11.1. The topological polar surface area (TPSA) is 79.1 Å². The van der Waals surface area contributed by atoms with Crippen molar-refractivity contribution >= 4 is 27.9 Å². The molecule has 0 atom stereocenters. The van der Waals surface area contributed by atoms with Gasteiger partial charge in [0.15, 0.2) is 5.75 Å². The van der Waals surface area contributed by atoms with Crippen LogP contribution in [0.4, 0.5) is 0 Å². The Hall–Kier alpha value is -5.04. The predicted octanol–water partition coefficient (Wildman–Crippen LogP) is 6.17. The zero-order valence-corrected chi connectivity index (χ0v) is 20.3. The lowest BCUT2D eigenvalue weighted by Crippen LogP contribution is -2.12. The minimum absolute atomic E-state index is 0.364. The van der Waals surface area contributed by atoms with E-state index in [2.05, 4.69) is 10.2 Å². The summed E-state index contributed by atoms with van der Waals surface area (Å²) in [4.78, 5) is 19.9. The maximum atomic E-state index is 13.6. The zero-order chi connectivity index (χ0) is 25.4. The van der Waals surface area contributed by atoms with E-state index in [1.807, 2.05) is 91.9 Å². The molecular weight excluding hydrogens is 464 g/mol. The molecule has 0 fully saturated rings. The van der Waals surface area contributed by atoms with E-state index < -0.39 is 5.97 Å². The Morgan fingerprint density at radius 2 is 1.46 bits per heavy atom. The van der Waals surface area contributed by atoms with E-state index in [1.54, 1.807) is 19.2 Å². The quantitative estimate of drug-likeness (QED) is 0.214. The molecular formula is C30H22N4O3. The number of pyridine rings is 1. The highest BCUT2D eigenvalue weighted by Gasteiger charge is 2.19. The van der Waals surface area contributed by atoms with Gasteiger partial charge >= 0.3 is 5.97 Å². The SMILES string of the molecule is COc1ccc(-c2cc(C(=O)Oc3ccc(C)cc3-n3nc4ccccc4n3)c3ccccc3n2)cc1. The lowest BCUT2D eigenvalue weighted by Gasteiger charge is -2.13. The van der Waals surface area contributed by atoms with Crippen molar-refractivity contribution in [1.82, 2.24) is 20.0 Å². The molecule has 0 unspecified atom stereocenters. The molecule has 7 nitrogen and oxygen atoms in total. The van der Waals surface area contributed by atoms with Crippen LogP contribution in [0.25, 0.3) is 38.9 Å². The summed E-state index contributed by atoms with van der Waals surface area (Å²) in [5, 5.41) is 9.86. The van der Waals surface area contributed by atoms with Crippen LogP contribution in [-0.2, 0) is 0 Å². The molecule has 0 aliphatic carbocycles. The van der Waals surface area contributed by atoms with Crippen molar-refractivity contribution in [3.8, 4) is 28.4 Å². The monoisotopic (exact) mass is 486 g/mol. The number of hydrogen-bond acceptors (Lipinski definition) is 6. The van der Waals surface area contributed by atoms with Gasteiger partial charge in [0.25, 0.3) is 0 Å². The van der Waals surface area contributed by atoms with Gasteiger partial charge in [-0.2, -0.15) is 0 Å². The molecule has 0 saturated carbocycles. The molecule has 6 rings (SSSR count). The van der Waals surface area contributed by atoms with E-state index in [0.29, 0.717) is 33.6 Å². The Labute approximate surface area is 212 Å². The molecule has 180 valence electrons. The standard InChI is InChI=1S/C30H22N4O3/c1-19-11-16-29(28(17-19)34-32-25-9-5-6-10-26(25)33-34)37-30(35)23-18-27(20-12-14-21(36-2)15-13-20)31-24-8-4-3-7-22(23)24/h3-18H,1-2H3. The molecule has 0 spiro atoms. The summed E-state index contributed by atoms with van der Waals surface area (Å²) in [6.07, 6.45) is 0. The highest BCUT2D eigenvalue weighted by atomic mass is 16.5. The Bertz CT molecular complexity index is 1740. The van der Waals surface area contributed by atoms with Crippen molar-refractivity contribution in [2.75, 3.05) is 7.11 Å². The van der Waals surface area contributed by atoms with Crippen LogP contribution < -0.4 is 9.47 Å². The van der Waals surface area contributed by atoms with Crippen molar-refractivity contribution in [3.05, 3.63) is 108 Å². The third-order valence-corrected chi connectivity index (χ3v) is 6.14. The second-order valence-corrected chi connectivity index (χ2v) is 8.64. The fraction of sp³-hybridized carbons (Fsp3) is 0.0667. The van der Waals surface area contributed by atoms with Gasteiger partial charge in [0, 0.05) is 10.9 Å². The van der Waals surface area contributed by atoms with Gasteiger partial charge in [0.05, 0.1) is 23.9 Å². The van der Waals surface area contributed by atoms with Crippen LogP contribution in [0, 0.1) is 6.92 Å². The number of fused-ring (bicyclic) bond motifs is 2. The number of ether oxygens (including phenoxy) is 2. The first-order valence-corrected chi connectivity index (χ1v) is 11.8. The fourth-order valence-electron chi connectivity index (χ4n) is 4.25. The molecule has 0 amide bonds. The fourth-order valence-corrected chi connectivity index (χ4v) is 4.25. The summed E-state index contributed by atoms with van der Waals surface area (Å²) in [6.45, 7) is 1.97. The summed E-state index contributed by atoms with van der Waals surface area (Å²) in [5.41, 5.74) is 5.73. The molecule has 2 aromatic heterocycles. The van der Waals surface area contributed by atoms with E-state index in [0.717, 1.165) is 27.9 Å². The van der Waals surface area contributed by atoms with Gasteiger partial charge in [-0.05, 0) is 73.2 Å². The molecule has 4 aromatic carbocycles. The van der Waals surface area contributed by atoms with Crippen molar-refractivity contribution in [2.45, 2.75) is 6.92 Å². The van der Waals surface area contributed by atoms with Crippen LogP contribution in [0.5, 0.6) is 11.5 Å². The van der Waals surface area contributed by atoms with Crippen molar-refractivity contribution in [3.63, 3.8) is 0 Å². The van der Waals surface area contributed by atoms with Crippen LogP contribution in [0.3, 0.4) is 0 Å². The van der Waals surface area contributed by atoms with E-state index in [-0.39, 0.29) is 0 Å². The van der Waals surface area contributed by atoms with E-state index in [9.17, 15) is 4.79 Å². The second kappa shape index (κ2) is 9.20. The van der Waals surface area contributed by atoms with Crippen LogP contribution in [0.2, 0.25) is 0 Å². The Balaban J connectivity index is 1.42. The van der Waals surface area contributed by atoms with Gasteiger partial charge in [-0.25, -0.2) is 9.78 Å². The van der Waals surface area contributed by atoms with Crippen molar-refractivity contribution < 1.29 is 14.3 Å². The summed E-state index contributed by atoms with van der Waals surface area (Å²) in [7, 11) is 1.62. The molecule has 0 saturated heterocycles. The van der Waals surface area contributed by atoms with Gasteiger partial charge in [0.1, 0.15) is 22.5 Å². The molecule has 37 heavy (non-hydrogen) atoms. The van der Waals surface area contributed by atoms with Crippen molar-refractivity contribution in [2.24, 2.45) is 0 Å². The highest BCUT2D eigenvalue weighted by molar-refractivity contribution is 6.05. The molecule has 0 aliphatic heterocycles. The molecule has 7 heteroatoms. The zero-order valence-electron chi connectivity index (χ0n) is 20.3. The van der Waals surface area contributed by atoms with Crippen molar-refractivity contribution in [1.29, 1.82) is 0 Å². The maximum absolute atomic E-state index is 13.6. The third-order valence-electron chi connectivity index (χ3n) is 6.14. The lowest BCUT2D eigenvalue weighted by atomic mass is 10.0. The molecule has 0 radical (unpaired) electrons. The number of aryl methyl sites for hydroxylation is 1. The minimum Gasteiger partial charge on any atom is -0.497 e. The largest absolute Gasteiger partial charge is 0.497 e. The number of hydrogen-bond donors (Lipinski definition) is 0. The number of aromatic nitrogens is 4. The molecule has 0 aliphatic rings. The Morgan fingerprint density at radius 1 is 0.784 bits per heavy atom. The second-order valence-electron chi connectivity index (χ2n) is 8.64. The number of nitrogens with zero attached hydrogens (tertiary/aromatic N) is 4. The predicted molar refractivity (Wildman–Crippen MR) is 142 cm³/mol. The highest BCUT2D eigenvalue weighted by Crippen LogP contribution is 2.29. The summed E-state index contributed by atoms with van der Waals surface area (Å²) >= 11 is 0. The van der Waals surface area contributed by atoms with Crippen LogP contribution in [-0.4, -0.2) is 33.1 Å². The van der Waals surface area contributed by atoms with Gasteiger partial charge in [-0.3, -0.25) is 0 Å². The number of benzene rings is 4. The molecule has 0 N–H and O–H groups in total. The van der Waals surface area contributed by atoms with Crippen LogP contribution >= 0.6 is 0 Å². The molecule has 2 heterocycles. The maximum Gasteiger partial charge on any atom is 0.344 e. The van der Waals surface area contributed by atoms with Gasteiger partial charge in [-0.15, -0.1) is 15.0 Å². The van der Waals surface area contributed by atoms with Crippen LogP contribution in [0.15, 0.2) is 97.1 Å². The number of para-hydroxylation sites is 1. The Morgan fingerprint density at radius 3 is 2.16 bits per heavy atom. The van der Waals surface area contributed by atoms with E-state index >= 15 is 0 Å². The van der Waals surface area contributed by atoms with Gasteiger partial charge in [-0.1, -0.05) is 36.4 Å². The summed E-state index contributed by atoms with van der Waals surface area (Å²) in [5.74, 6) is 0.619. The first-order chi connectivity index (χ1) is 18.1.